The fraction of sp³-hybridized carbons (Fsp3) is 1.00. The van der Waals surface area contributed by atoms with E-state index < -0.39 is 5.60 Å². The Morgan fingerprint density at radius 2 is 1.57 bits per heavy atom. The maximum absolute atomic E-state index is 11.4. The molecule has 4 aliphatic rings. The van der Waals surface area contributed by atoms with Crippen LogP contribution in [0, 0.1) is 53.3 Å². The molecule has 0 aromatic heterocycles. The molecule has 2 N–H and O–H groups in total. The van der Waals surface area contributed by atoms with Gasteiger partial charge in [-0.25, -0.2) is 0 Å². The van der Waals surface area contributed by atoms with E-state index in [2.05, 4.69) is 13.8 Å². The van der Waals surface area contributed by atoms with E-state index in [0.29, 0.717) is 17.8 Å². The highest BCUT2D eigenvalue weighted by Gasteiger charge is 2.54. The third-order valence-electron chi connectivity index (χ3n) is 9.81. The molecule has 8 unspecified atom stereocenters. The van der Waals surface area contributed by atoms with Gasteiger partial charge in [0, 0.05) is 0 Å². The average Bonchev–Trinajstić information content (AvgIpc) is 2.62. The van der Waals surface area contributed by atoms with Gasteiger partial charge in [0.2, 0.25) is 0 Å². The SMILES string of the molecule is C[C@@H]1CCCC2CCC3C(C[C@@H](C)C4C(O)C(CCCC(C)(C)O)CCC34)C21. The molecule has 4 saturated carbocycles. The Morgan fingerprint density at radius 3 is 2.32 bits per heavy atom. The molecule has 0 aromatic rings. The van der Waals surface area contributed by atoms with E-state index in [-0.39, 0.29) is 6.10 Å². The third kappa shape index (κ3) is 4.07. The molecule has 4 fully saturated rings. The van der Waals surface area contributed by atoms with Crippen LogP contribution in [0.25, 0.3) is 0 Å². The van der Waals surface area contributed by atoms with Gasteiger partial charge in [-0.05, 0) is 112 Å². The van der Waals surface area contributed by atoms with E-state index in [0.717, 1.165) is 54.8 Å². The Morgan fingerprint density at radius 1 is 0.821 bits per heavy atom. The molecule has 0 heterocycles. The topological polar surface area (TPSA) is 40.5 Å². The van der Waals surface area contributed by atoms with Gasteiger partial charge in [0.1, 0.15) is 0 Å². The van der Waals surface area contributed by atoms with Crippen molar-refractivity contribution in [2.45, 2.75) is 110 Å². The molecular formula is C26H46O2. The van der Waals surface area contributed by atoms with Crippen molar-refractivity contribution in [3.63, 3.8) is 0 Å². The van der Waals surface area contributed by atoms with Crippen LogP contribution >= 0.6 is 0 Å². The zero-order valence-electron chi connectivity index (χ0n) is 18.9. The standard InChI is InChI=1S/C26H46O2/c1-16-7-5-8-18-10-12-20-21-13-11-19(9-6-14-26(3,4)28)25(27)24(21)17(2)15-22(20)23(16)18/h16-25,27-28H,5-15H2,1-4H3/t16-,17-,18?,19?,20?,21?,22?,23?,24?,25?/m1/s1. The van der Waals surface area contributed by atoms with Crippen molar-refractivity contribution in [1.29, 1.82) is 0 Å². The number of hydrogen-bond acceptors (Lipinski definition) is 2. The van der Waals surface area contributed by atoms with Crippen LogP contribution < -0.4 is 0 Å². The molecule has 0 spiro atoms. The van der Waals surface area contributed by atoms with Crippen LogP contribution in [-0.2, 0) is 0 Å². The predicted octanol–water partition coefficient (Wildman–Crippen LogP) is 6.05. The normalized spacial score (nSPS) is 49.1. The largest absolute Gasteiger partial charge is 0.393 e. The summed E-state index contributed by atoms with van der Waals surface area (Å²) >= 11 is 0. The summed E-state index contributed by atoms with van der Waals surface area (Å²) in [4.78, 5) is 0. The molecule has 0 aliphatic heterocycles. The lowest BCUT2D eigenvalue weighted by Gasteiger charge is -2.59. The van der Waals surface area contributed by atoms with Gasteiger partial charge in [-0.1, -0.05) is 39.5 Å². The summed E-state index contributed by atoms with van der Waals surface area (Å²) in [6, 6.07) is 0. The van der Waals surface area contributed by atoms with Crippen LogP contribution in [-0.4, -0.2) is 21.9 Å². The predicted molar refractivity (Wildman–Crippen MR) is 116 cm³/mol. The van der Waals surface area contributed by atoms with Crippen LogP contribution in [0.5, 0.6) is 0 Å². The highest BCUT2D eigenvalue weighted by atomic mass is 16.3. The van der Waals surface area contributed by atoms with Gasteiger partial charge in [0.25, 0.3) is 0 Å². The van der Waals surface area contributed by atoms with Gasteiger partial charge in [-0.15, -0.1) is 0 Å². The number of hydrogen-bond donors (Lipinski definition) is 2. The number of fused-ring (bicyclic) bond motifs is 5. The zero-order chi connectivity index (χ0) is 20.1. The van der Waals surface area contributed by atoms with E-state index in [1.807, 2.05) is 13.8 Å². The Hall–Kier alpha value is -0.0800. The minimum atomic E-state index is -0.567. The van der Waals surface area contributed by atoms with E-state index in [1.165, 1.54) is 51.4 Å². The Balaban J connectivity index is 1.44. The lowest BCUT2D eigenvalue weighted by atomic mass is 9.47. The summed E-state index contributed by atoms with van der Waals surface area (Å²) < 4.78 is 0. The third-order valence-corrected chi connectivity index (χ3v) is 9.81. The minimum absolute atomic E-state index is 0.0991. The first-order chi connectivity index (χ1) is 13.3. The summed E-state index contributed by atoms with van der Waals surface area (Å²) in [5, 5.41) is 21.4. The fourth-order valence-corrected chi connectivity index (χ4v) is 8.72. The van der Waals surface area contributed by atoms with Gasteiger partial charge in [0.05, 0.1) is 11.7 Å². The van der Waals surface area contributed by atoms with Crippen LogP contribution in [0.15, 0.2) is 0 Å². The summed E-state index contributed by atoms with van der Waals surface area (Å²) in [6.07, 6.45) is 14.2. The minimum Gasteiger partial charge on any atom is -0.393 e. The van der Waals surface area contributed by atoms with Crippen molar-refractivity contribution in [3.8, 4) is 0 Å². The van der Waals surface area contributed by atoms with Gasteiger partial charge < -0.3 is 10.2 Å². The second kappa shape index (κ2) is 8.22. The number of aliphatic hydroxyl groups excluding tert-OH is 1. The lowest BCUT2D eigenvalue weighted by Crippen LogP contribution is -2.54. The van der Waals surface area contributed by atoms with Crippen LogP contribution in [0.3, 0.4) is 0 Å². The van der Waals surface area contributed by atoms with Gasteiger partial charge in [0.15, 0.2) is 0 Å². The first kappa shape index (κ1) is 21.2. The van der Waals surface area contributed by atoms with Crippen molar-refractivity contribution < 1.29 is 10.2 Å². The Kier molecular flexibility index (Phi) is 6.21. The van der Waals surface area contributed by atoms with Gasteiger partial charge in [-0.3, -0.25) is 0 Å². The van der Waals surface area contributed by atoms with Crippen LogP contribution in [0.1, 0.15) is 98.3 Å². The second-order valence-corrected chi connectivity index (χ2v) is 12.1. The first-order valence-corrected chi connectivity index (χ1v) is 12.7. The molecule has 0 amide bonds. The summed E-state index contributed by atoms with van der Waals surface area (Å²) in [7, 11) is 0. The van der Waals surface area contributed by atoms with Crippen LogP contribution in [0.4, 0.5) is 0 Å². The van der Waals surface area contributed by atoms with E-state index >= 15 is 0 Å². The smallest absolute Gasteiger partial charge is 0.0601 e. The van der Waals surface area contributed by atoms with Gasteiger partial charge >= 0.3 is 0 Å². The van der Waals surface area contributed by atoms with Crippen molar-refractivity contribution in [1.82, 2.24) is 0 Å². The highest BCUT2D eigenvalue weighted by Crippen LogP contribution is 2.60. The number of rotatable bonds is 4. The summed E-state index contributed by atoms with van der Waals surface area (Å²) in [5.41, 5.74) is -0.567. The Bertz CT molecular complexity index is 523. The molecule has 0 saturated heterocycles. The highest BCUT2D eigenvalue weighted by molar-refractivity contribution is 5.03. The van der Waals surface area contributed by atoms with Crippen LogP contribution in [0.2, 0.25) is 0 Å². The van der Waals surface area contributed by atoms with E-state index in [4.69, 9.17) is 0 Å². The van der Waals surface area contributed by atoms with E-state index in [1.54, 1.807) is 0 Å². The fourth-order valence-electron chi connectivity index (χ4n) is 8.72. The van der Waals surface area contributed by atoms with Crippen molar-refractivity contribution >= 4 is 0 Å². The zero-order valence-corrected chi connectivity index (χ0v) is 18.9. The molecular weight excluding hydrogens is 344 g/mol. The molecule has 28 heavy (non-hydrogen) atoms. The second-order valence-electron chi connectivity index (χ2n) is 12.1. The molecule has 0 radical (unpaired) electrons. The van der Waals surface area contributed by atoms with E-state index in [9.17, 15) is 10.2 Å². The van der Waals surface area contributed by atoms with Crippen molar-refractivity contribution in [3.05, 3.63) is 0 Å². The molecule has 10 atom stereocenters. The summed E-state index contributed by atoms with van der Waals surface area (Å²) in [6.45, 7) is 8.83. The molecule has 2 nitrogen and oxygen atoms in total. The maximum Gasteiger partial charge on any atom is 0.0601 e. The quantitative estimate of drug-likeness (QED) is 0.613. The van der Waals surface area contributed by atoms with Crippen molar-refractivity contribution in [2.24, 2.45) is 53.3 Å². The number of aliphatic hydroxyl groups is 2. The lowest BCUT2D eigenvalue weighted by molar-refractivity contribution is -0.133. The first-order valence-electron chi connectivity index (χ1n) is 12.7. The average molecular weight is 391 g/mol. The molecule has 4 aliphatic carbocycles. The molecule has 4 rings (SSSR count). The van der Waals surface area contributed by atoms with Gasteiger partial charge in [-0.2, -0.15) is 0 Å². The molecule has 0 aromatic carbocycles. The van der Waals surface area contributed by atoms with Crippen molar-refractivity contribution in [2.75, 3.05) is 0 Å². The monoisotopic (exact) mass is 390 g/mol. The molecule has 0 bridgehead atoms. The molecule has 2 heteroatoms. The molecule has 162 valence electrons. The Labute approximate surface area is 173 Å². The summed E-state index contributed by atoms with van der Waals surface area (Å²) in [5.74, 6) is 7.24. The maximum atomic E-state index is 11.4.